The summed E-state index contributed by atoms with van der Waals surface area (Å²) in [5.74, 6) is -0.0714. The third-order valence-electron chi connectivity index (χ3n) is 3.39. The summed E-state index contributed by atoms with van der Waals surface area (Å²) in [5.41, 5.74) is 1.09. The predicted molar refractivity (Wildman–Crippen MR) is 102 cm³/mol. The summed E-state index contributed by atoms with van der Waals surface area (Å²) in [6.45, 7) is 0.185. The number of ether oxygens (including phenoxy) is 2. The predicted octanol–water partition coefficient (Wildman–Crippen LogP) is 3.20. The van der Waals surface area contributed by atoms with Gasteiger partial charge in [-0.25, -0.2) is 4.79 Å². The van der Waals surface area contributed by atoms with Gasteiger partial charge in [0.2, 0.25) is 0 Å². The first-order valence-electron chi connectivity index (χ1n) is 8.12. The van der Waals surface area contributed by atoms with Crippen molar-refractivity contribution in [2.24, 2.45) is 0 Å². The topological polar surface area (TPSA) is 64.6 Å². The van der Waals surface area contributed by atoms with Gasteiger partial charge in [0.1, 0.15) is 5.75 Å². The molecule has 0 fully saturated rings. The number of methoxy groups -OCH3 is 1. The van der Waals surface area contributed by atoms with E-state index in [2.05, 4.69) is 5.32 Å². The van der Waals surface area contributed by atoms with Crippen LogP contribution in [0.2, 0.25) is 0 Å². The van der Waals surface area contributed by atoms with Crippen molar-refractivity contribution in [3.8, 4) is 5.75 Å². The number of amides is 1. The van der Waals surface area contributed by atoms with E-state index in [1.165, 1.54) is 17.8 Å². The molecule has 0 saturated heterocycles. The molecule has 26 heavy (non-hydrogen) atoms. The molecule has 6 heteroatoms. The van der Waals surface area contributed by atoms with Gasteiger partial charge in [0.05, 0.1) is 7.11 Å². The van der Waals surface area contributed by atoms with Crippen LogP contribution >= 0.6 is 11.8 Å². The molecule has 0 saturated carbocycles. The first-order valence-corrected chi connectivity index (χ1v) is 9.00. The standard InChI is InChI=1S/C20H21NO4S/c1-24-17-9-7-16(8-10-17)11-13-21-19(22)15-25-20(23)12-14-26-18-5-3-2-4-6-18/h2-10,12,14H,11,13,15H2,1H3,(H,21,22)/b14-12+. The molecule has 2 aromatic carbocycles. The SMILES string of the molecule is COc1ccc(CCNC(=O)COC(=O)/C=C/Sc2ccccc2)cc1. The van der Waals surface area contributed by atoms with Gasteiger partial charge in [-0.2, -0.15) is 0 Å². The van der Waals surface area contributed by atoms with Crippen LogP contribution in [0.1, 0.15) is 5.56 Å². The second-order valence-corrected chi connectivity index (χ2v) is 6.27. The van der Waals surface area contributed by atoms with Crippen LogP contribution in [0.4, 0.5) is 0 Å². The van der Waals surface area contributed by atoms with E-state index in [9.17, 15) is 9.59 Å². The first-order chi connectivity index (χ1) is 12.7. The van der Waals surface area contributed by atoms with Gasteiger partial charge in [-0.05, 0) is 41.7 Å². The molecule has 2 rings (SSSR count). The maximum atomic E-state index is 11.7. The normalized spacial score (nSPS) is 10.5. The number of esters is 1. The van der Waals surface area contributed by atoms with Crippen LogP contribution < -0.4 is 10.1 Å². The fourth-order valence-corrected chi connectivity index (χ4v) is 2.69. The van der Waals surface area contributed by atoms with E-state index in [-0.39, 0.29) is 12.5 Å². The van der Waals surface area contributed by atoms with E-state index in [1.807, 2.05) is 54.6 Å². The maximum Gasteiger partial charge on any atom is 0.331 e. The molecule has 0 aliphatic rings. The second kappa shape index (κ2) is 11.0. The molecule has 0 bridgehead atoms. The highest BCUT2D eigenvalue weighted by molar-refractivity contribution is 8.02. The summed E-state index contributed by atoms with van der Waals surface area (Å²) >= 11 is 1.41. The smallest absolute Gasteiger partial charge is 0.331 e. The third kappa shape index (κ3) is 7.44. The van der Waals surface area contributed by atoms with Crippen LogP contribution in [-0.2, 0) is 20.7 Å². The Balaban J connectivity index is 1.60. The number of rotatable bonds is 9. The van der Waals surface area contributed by atoms with Gasteiger partial charge in [0.15, 0.2) is 6.61 Å². The van der Waals surface area contributed by atoms with Crippen molar-refractivity contribution < 1.29 is 19.1 Å². The minimum Gasteiger partial charge on any atom is -0.497 e. The van der Waals surface area contributed by atoms with Crippen molar-refractivity contribution in [3.05, 3.63) is 71.6 Å². The summed E-state index contributed by atoms with van der Waals surface area (Å²) < 4.78 is 10.0. The van der Waals surface area contributed by atoms with Crippen LogP contribution in [0.25, 0.3) is 0 Å². The number of carbonyl (C=O) groups excluding carboxylic acids is 2. The quantitative estimate of drug-likeness (QED) is 0.417. The minimum atomic E-state index is -0.543. The van der Waals surface area contributed by atoms with Crippen LogP contribution in [-0.4, -0.2) is 32.1 Å². The van der Waals surface area contributed by atoms with Crippen LogP contribution in [0.15, 0.2) is 71.0 Å². The van der Waals surface area contributed by atoms with Gasteiger partial charge in [0, 0.05) is 17.5 Å². The number of thioether (sulfide) groups is 1. The molecule has 2 aromatic rings. The fourth-order valence-electron chi connectivity index (χ4n) is 2.04. The van der Waals surface area contributed by atoms with Gasteiger partial charge in [-0.1, -0.05) is 42.1 Å². The number of benzene rings is 2. The van der Waals surface area contributed by atoms with E-state index >= 15 is 0 Å². The Bertz CT molecular complexity index is 729. The summed E-state index contributed by atoms with van der Waals surface area (Å²) in [6.07, 6.45) is 2.00. The molecule has 0 spiro atoms. The van der Waals surface area contributed by atoms with Gasteiger partial charge in [-0.15, -0.1) is 0 Å². The van der Waals surface area contributed by atoms with Crippen molar-refractivity contribution in [2.75, 3.05) is 20.3 Å². The Hall–Kier alpha value is -2.73. The Morgan fingerprint density at radius 1 is 1.08 bits per heavy atom. The molecule has 0 heterocycles. The Morgan fingerprint density at radius 2 is 1.81 bits per heavy atom. The molecular weight excluding hydrogens is 350 g/mol. The lowest BCUT2D eigenvalue weighted by atomic mass is 10.1. The van der Waals surface area contributed by atoms with E-state index in [4.69, 9.17) is 9.47 Å². The van der Waals surface area contributed by atoms with Crippen molar-refractivity contribution in [3.63, 3.8) is 0 Å². The lowest BCUT2D eigenvalue weighted by Gasteiger charge is -2.06. The van der Waals surface area contributed by atoms with Crippen molar-refractivity contribution in [1.29, 1.82) is 0 Å². The first kappa shape index (κ1) is 19.6. The van der Waals surface area contributed by atoms with Crippen molar-refractivity contribution in [2.45, 2.75) is 11.3 Å². The molecule has 0 aliphatic heterocycles. The molecule has 0 unspecified atom stereocenters. The highest BCUT2D eigenvalue weighted by Crippen LogP contribution is 2.17. The molecule has 1 amide bonds. The Morgan fingerprint density at radius 3 is 2.50 bits per heavy atom. The molecule has 136 valence electrons. The monoisotopic (exact) mass is 371 g/mol. The Labute approximate surface area is 157 Å². The van der Waals surface area contributed by atoms with E-state index in [0.29, 0.717) is 13.0 Å². The maximum absolute atomic E-state index is 11.7. The molecule has 0 radical (unpaired) electrons. The van der Waals surface area contributed by atoms with E-state index in [0.717, 1.165) is 16.2 Å². The minimum absolute atomic E-state index is 0.290. The third-order valence-corrected chi connectivity index (χ3v) is 4.21. The molecule has 5 nitrogen and oxygen atoms in total. The molecular formula is C20H21NO4S. The molecule has 0 aromatic heterocycles. The molecule has 0 atom stereocenters. The zero-order valence-electron chi connectivity index (χ0n) is 14.5. The van der Waals surface area contributed by atoms with Gasteiger partial charge >= 0.3 is 5.97 Å². The fraction of sp³-hybridized carbons (Fsp3) is 0.200. The van der Waals surface area contributed by atoms with Gasteiger partial charge in [-0.3, -0.25) is 4.79 Å². The summed E-state index contributed by atoms with van der Waals surface area (Å²) in [7, 11) is 1.62. The average Bonchev–Trinajstić information content (AvgIpc) is 2.68. The van der Waals surface area contributed by atoms with Crippen molar-refractivity contribution in [1.82, 2.24) is 5.32 Å². The number of carbonyl (C=O) groups is 2. The highest BCUT2D eigenvalue weighted by Gasteiger charge is 2.04. The van der Waals surface area contributed by atoms with Crippen molar-refractivity contribution >= 4 is 23.6 Å². The highest BCUT2D eigenvalue weighted by atomic mass is 32.2. The van der Waals surface area contributed by atoms with Crippen LogP contribution in [0, 0.1) is 0 Å². The lowest BCUT2D eigenvalue weighted by molar-refractivity contribution is -0.143. The van der Waals surface area contributed by atoms with Crippen LogP contribution in [0.5, 0.6) is 5.75 Å². The van der Waals surface area contributed by atoms with E-state index in [1.54, 1.807) is 12.5 Å². The van der Waals surface area contributed by atoms with Gasteiger partial charge in [0.25, 0.3) is 5.91 Å². The second-order valence-electron chi connectivity index (χ2n) is 5.29. The Kier molecular flexibility index (Phi) is 8.29. The average molecular weight is 371 g/mol. The molecule has 1 N–H and O–H groups in total. The summed E-state index contributed by atoms with van der Waals surface area (Å²) in [4.78, 5) is 24.3. The number of hydrogen-bond donors (Lipinski definition) is 1. The number of nitrogens with one attached hydrogen (secondary N) is 1. The summed E-state index contributed by atoms with van der Waals surface area (Å²) in [5, 5.41) is 4.36. The van der Waals surface area contributed by atoms with Gasteiger partial charge < -0.3 is 14.8 Å². The lowest BCUT2D eigenvalue weighted by Crippen LogP contribution is -2.30. The van der Waals surface area contributed by atoms with E-state index < -0.39 is 5.97 Å². The largest absolute Gasteiger partial charge is 0.497 e. The van der Waals surface area contributed by atoms with Crippen LogP contribution in [0.3, 0.4) is 0 Å². The zero-order chi connectivity index (χ0) is 18.6. The summed E-state index contributed by atoms with van der Waals surface area (Å²) in [6, 6.07) is 17.3. The number of hydrogen-bond acceptors (Lipinski definition) is 5. The molecule has 0 aliphatic carbocycles. The zero-order valence-corrected chi connectivity index (χ0v) is 15.3.